The second-order valence-electron chi connectivity index (χ2n) is 5.03. The summed E-state index contributed by atoms with van der Waals surface area (Å²) in [5.41, 5.74) is 1.82. The van der Waals surface area contributed by atoms with E-state index in [9.17, 15) is 4.79 Å². The van der Waals surface area contributed by atoms with Crippen LogP contribution in [0, 0.1) is 0 Å². The number of anilines is 1. The molecular formula is C18H15ClN2O4. The van der Waals surface area contributed by atoms with Crippen LogP contribution in [0.15, 0.2) is 46.9 Å². The van der Waals surface area contributed by atoms with E-state index in [1.54, 1.807) is 12.1 Å². The fourth-order valence-electron chi connectivity index (χ4n) is 2.24. The molecule has 2 aromatic carbocycles. The summed E-state index contributed by atoms with van der Waals surface area (Å²) in [6.07, 6.45) is 2.81. The Bertz CT molecular complexity index is 916. The molecule has 1 aromatic heterocycles. The molecule has 0 radical (unpaired) electrons. The molecule has 0 atom stereocenters. The molecule has 0 aliphatic carbocycles. The number of hydrogen-bond donors (Lipinski definition) is 1. The number of hydrogen-bond acceptors (Lipinski definition) is 5. The van der Waals surface area contributed by atoms with Crippen molar-refractivity contribution in [1.29, 1.82) is 0 Å². The maximum absolute atomic E-state index is 12.1. The minimum Gasteiger partial charge on any atom is -0.495 e. The zero-order valence-electron chi connectivity index (χ0n) is 13.6. The van der Waals surface area contributed by atoms with Gasteiger partial charge in [0.1, 0.15) is 17.0 Å². The summed E-state index contributed by atoms with van der Waals surface area (Å²) in [7, 11) is 2.99. The van der Waals surface area contributed by atoms with Crippen LogP contribution in [0.2, 0.25) is 5.02 Å². The van der Waals surface area contributed by atoms with Crippen LogP contribution in [0.1, 0.15) is 5.89 Å². The third kappa shape index (κ3) is 3.75. The van der Waals surface area contributed by atoms with E-state index in [-0.39, 0.29) is 5.91 Å². The van der Waals surface area contributed by atoms with Gasteiger partial charge in [0.05, 0.1) is 24.9 Å². The Morgan fingerprint density at radius 3 is 2.68 bits per heavy atom. The number of oxazole rings is 1. The van der Waals surface area contributed by atoms with Crippen LogP contribution in [-0.4, -0.2) is 25.1 Å². The number of ether oxygens (including phenoxy) is 2. The molecule has 25 heavy (non-hydrogen) atoms. The third-order valence-electron chi connectivity index (χ3n) is 3.42. The Hall–Kier alpha value is -2.99. The standard InChI is InChI=1S/C18H15ClN2O4/c1-23-15-10-16(24-2)13(9-11(15)19)20-17(22)7-8-18-21-12-5-3-4-6-14(12)25-18/h3-10H,1-2H3,(H,20,22)/b8-7+. The highest BCUT2D eigenvalue weighted by molar-refractivity contribution is 6.32. The minimum absolute atomic E-state index is 0.344. The van der Waals surface area contributed by atoms with Gasteiger partial charge in [-0.2, -0.15) is 0 Å². The predicted octanol–water partition coefficient (Wildman–Crippen LogP) is 4.15. The van der Waals surface area contributed by atoms with Gasteiger partial charge in [-0.25, -0.2) is 4.98 Å². The summed E-state index contributed by atoms with van der Waals surface area (Å²) >= 11 is 6.09. The van der Waals surface area contributed by atoms with Gasteiger partial charge in [0.25, 0.3) is 0 Å². The fraction of sp³-hybridized carbons (Fsp3) is 0.111. The molecule has 1 N–H and O–H groups in total. The number of halogens is 1. The maximum atomic E-state index is 12.1. The number of amides is 1. The Morgan fingerprint density at radius 1 is 1.20 bits per heavy atom. The van der Waals surface area contributed by atoms with Crippen molar-refractivity contribution < 1.29 is 18.7 Å². The van der Waals surface area contributed by atoms with Gasteiger partial charge < -0.3 is 19.2 Å². The maximum Gasteiger partial charge on any atom is 0.248 e. The summed E-state index contributed by atoms with van der Waals surface area (Å²) < 4.78 is 15.9. The smallest absolute Gasteiger partial charge is 0.248 e. The highest BCUT2D eigenvalue weighted by Crippen LogP contribution is 2.35. The number of carbonyl (C=O) groups is 1. The number of fused-ring (bicyclic) bond motifs is 1. The van der Waals surface area contributed by atoms with Gasteiger partial charge in [-0.05, 0) is 18.2 Å². The first kappa shape index (κ1) is 16.9. The topological polar surface area (TPSA) is 73.6 Å². The number of methoxy groups -OCH3 is 2. The molecule has 0 spiro atoms. The lowest BCUT2D eigenvalue weighted by atomic mass is 10.2. The van der Waals surface area contributed by atoms with E-state index in [2.05, 4.69) is 10.3 Å². The first-order valence-corrected chi connectivity index (χ1v) is 7.74. The van der Waals surface area contributed by atoms with Crippen molar-refractivity contribution in [3.05, 3.63) is 53.4 Å². The average molecular weight is 359 g/mol. The molecule has 1 heterocycles. The summed E-state index contributed by atoms with van der Waals surface area (Å²) in [5, 5.41) is 3.06. The molecule has 7 heteroatoms. The van der Waals surface area contributed by atoms with Crippen LogP contribution in [-0.2, 0) is 4.79 Å². The quantitative estimate of drug-likeness (QED) is 0.693. The lowest BCUT2D eigenvalue weighted by Gasteiger charge is -2.12. The molecular weight excluding hydrogens is 344 g/mol. The lowest BCUT2D eigenvalue weighted by molar-refractivity contribution is -0.111. The van der Waals surface area contributed by atoms with Gasteiger partial charge in [0, 0.05) is 18.2 Å². The minimum atomic E-state index is -0.373. The van der Waals surface area contributed by atoms with E-state index in [1.807, 2.05) is 24.3 Å². The number of nitrogens with one attached hydrogen (secondary N) is 1. The largest absolute Gasteiger partial charge is 0.495 e. The van der Waals surface area contributed by atoms with Crippen molar-refractivity contribution in [2.45, 2.75) is 0 Å². The van der Waals surface area contributed by atoms with Gasteiger partial charge in [0.2, 0.25) is 11.8 Å². The summed E-state index contributed by atoms with van der Waals surface area (Å²) in [6.45, 7) is 0. The van der Waals surface area contributed by atoms with Crippen molar-refractivity contribution in [2.24, 2.45) is 0 Å². The van der Waals surface area contributed by atoms with Crippen molar-refractivity contribution in [2.75, 3.05) is 19.5 Å². The molecule has 6 nitrogen and oxygen atoms in total. The Morgan fingerprint density at radius 2 is 1.96 bits per heavy atom. The number of carbonyl (C=O) groups excluding carboxylic acids is 1. The zero-order chi connectivity index (χ0) is 17.8. The average Bonchev–Trinajstić information content (AvgIpc) is 3.03. The summed E-state index contributed by atoms with van der Waals surface area (Å²) in [5.74, 6) is 0.862. The number of benzene rings is 2. The molecule has 3 rings (SSSR count). The van der Waals surface area contributed by atoms with E-state index in [0.29, 0.717) is 33.7 Å². The third-order valence-corrected chi connectivity index (χ3v) is 3.71. The highest BCUT2D eigenvalue weighted by Gasteiger charge is 2.11. The fourth-order valence-corrected chi connectivity index (χ4v) is 2.48. The summed E-state index contributed by atoms with van der Waals surface area (Å²) in [6, 6.07) is 10.5. The van der Waals surface area contributed by atoms with Gasteiger partial charge in [-0.1, -0.05) is 23.7 Å². The Balaban J connectivity index is 1.77. The van der Waals surface area contributed by atoms with Gasteiger partial charge in [0.15, 0.2) is 5.58 Å². The van der Waals surface area contributed by atoms with Crippen LogP contribution >= 0.6 is 11.6 Å². The van der Waals surface area contributed by atoms with Crippen LogP contribution in [0.5, 0.6) is 11.5 Å². The highest BCUT2D eigenvalue weighted by atomic mass is 35.5. The van der Waals surface area contributed by atoms with E-state index >= 15 is 0 Å². The molecule has 0 fully saturated rings. The van der Waals surface area contributed by atoms with Crippen molar-refractivity contribution >= 4 is 40.4 Å². The van der Waals surface area contributed by atoms with Crippen LogP contribution < -0.4 is 14.8 Å². The van der Waals surface area contributed by atoms with Crippen molar-refractivity contribution in [3.63, 3.8) is 0 Å². The number of aromatic nitrogens is 1. The van der Waals surface area contributed by atoms with Crippen molar-refractivity contribution in [3.8, 4) is 11.5 Å². The molecule has 0 bridgehead atoms. The van der Waals surface area contributed by atoms with Gasteiger partial charge in [-0.3, -0.25) is 4.79 Å². The number of rotatable bonds is 5. The zero-order valence-corrected chi connectivity index (χ0v) is 14.3. The van der Waals surface area contributed by atoms with Crippen LogP contribution in [0.25, 0.3) is 17.2 Å². The van der Waals surface area contributed by atoms with Gasteiger partial charge >= 0.3 is 0 Å². The Kier molecular flexibility index (Phi) is 4.90. The molecule has 1 amide bonds. The van der Waals surface area contributed by atoms with Crippen LogP contribution in [0.3, 0.4) is 0 Å². The molecule has 128 valence electrons. The number of nitrogens with zero attached hydrogens (tertiary/aromatic N) is 1. The monoisotopic (exact) mass is 358 g/mol. The second kappa shape index (κ2) is 7.27. The van der Waals surface area contributed by atoms with E-state index < -0.39 is 0 Å². The Labute approximate surface area is 149 Å². The van der Waals surface area contributed by atoms with Crippen molar-refractivity contribution in [1.82, 2.24) is 4.98 Å². The lowest BCUT2D eigenvalue weighted by Crippen LogP contribution is -2.09. The SMILES string of the molecule is COc1cc(OC)c(NC(=O)/C=C/c2nc3ccccc3o2)cc1Cl. The van der Waals surface area contributed by atoms with Gasteiger partial charge in [-0.15, -0.1) is 0 Å². The normalized spacial score (nSPS) is 11.0. The first-order valence-electron chi connectivity index (χ1n) is 7.37. The van der Waals surface area contributed by atoms with E-state index in [0.717, 1.165) is 5.52 Å². The predicted molar refractivity (Wildman–Crippen MR) is 96.2 cm³/mol. The van der Waals surface area contributed by atoms with Crippen LogP contribution in [0.4, 0.5) is 5.69 Å². The summed E-state index contributed by atoms with van der Waals surface area (Å²) in [4.78, 5) is 16.4. The second-order valence-corrected chi connectivity index (χ2v) is 5.44. The molecule has 0 saturated heterocycles. The van der Waals surface area contributed by atoms with E-state index in [1.165, 1.54) is 26.4 Å². The van der Waals surface area contributed by atoms with E-state index in [4.69, 9.17) is 25.5 Å². The number of para-hydroxylation sites is 2. The molecule has 0 aliphatic heterocycles. The molecule has 0 saturated carbocycles. The first-order chi connectivity index (χ1) is 12.1. The molecule has 0 aliphatic rings. The molecule has 3 aromatic rings. The molecule has 0 unspecified atom stereocenters.